The fourth-order valence-corrected chi connectivity index (χ4v) is 3.15. The maximum absolute atomic E-state index is 6.06. The highest BCUT2D eigenvalue weighted by atomic mass is 15.2. The van der Waals surface area contributed by atoms with Gasteiger partial charge >= 0.3 is 0 Å². The summed E-state index contributed by atoms with van der Waals surface area (Å²) >= 11 is 0. The molecule has 1 aliphatic heterocycles. The second-order valence-corrected chi connectivity index (χ2v) is 5.78. The molecule has 2 atom stereocenters. The second kappa shape index (κ2) is 6.46. The molecule has 1 aromatic rings. The molecule has 106 valence electrons. The first kappa shape index (κ1) is 14.4. The van der Waals surface area contributed by atoms with Crippen molar-refractivity contribution in [2.45, 2.75) is 31.8 Å². The predicted molar refractivity (Wildman–Crippen MR) is 79.1 cm³/mol. The quantitative estimate of drug-likeness (QED) is 0.871. The third-order valence-corrected chi connectivity index (χ3v) is 4.06. The van der Waals surface area contributed by atoms with E-state index in [-0.39, 0.29) is 0 Å². The van der Waals surface area contributed by atoms with Crippen LogP contribution in [0.1, 0.15) is 30.0 Å². The zero-order valence-corrected chi connectivity index (χ0v) is 12.3. The Morgan fingerprint density at radius 3 is 2.95 bits per heavy atom. The summed E-state index contributed by atoms with van der Waals surface area (Å²) < 4.78 is 0. The lowest BCUT2D eigenvalue weighted by atomic mass is 10.0. The first-order valence-electron chi connectivity index (χ1n) is 7.14. The fourth-order valence-electron chi connectivity index (χ4n) is 3.15. The van der Waals surface area contributed by atoms with Crippen LogP contribution in [0, 0.1) is 6.92 Å². The third kappa shape index (κ3) is 3.32. The number of hydrogen-bond acceptors (Lipinski definition) is 4. The van der Waals surface area contributed by atoms with E-state index in [1.807, 2.05) is 12.4 Å². The Morgan fingerprint density at radius 2 is 2.32 bits per heavy atom. The molecule has 0 saturated carbocycles. The van der Waals surface area contributed by atoms with E-state index in [1.165, 1.54) is 24.0 Å². The van der Waals surface area contributed by atoms with Crippen LogP contribution in [0.25, 0.3) is 0 Å². The Hall–Kier alpha value is -0.970. The monoisotopic (exact) mass is 262 g/mol. The van der Waals surface area contributed by atoms with Gasteiger partial charge in [-0.15, -0.1) is 0 Å². The molecule has 0 bridgehead atoms. The van der Waals surface area contributed by atoms with E-state index in [0.29, 0.717) is 18.6 Å². The van der Waals surface area contributed by atoms with Gasteiger partial charge in [-0.2, -0.15) is 0 Å². The first-order valence-corrected chi connectivity index (χ1v) is 7.14. The molecular weight excluding hydrogens is 236 g/mol. The number of aromatic nitrogens is 1. The lowest BCUT2D eigenvalue weighted by Gasteiger charge is -2.34. The number of rotatable bonds is 5. The normalized spacial score (nSPS) is 22.1. The van der Waals surface area contributed by atoms with Gasteiger partial charge in [-0.25, -0.2) is 0 Å². The average molecular weight is 262 g/mol. The number of nitrogens with zero attached hydrogens (tertiary/aromatic N) is 3. The predicted octanol–water partition coefficient (Wildman–Crippen LogP) is 1.42. The molecule has 1 aromatic heterocycles. The molecular formula is C15H26N4. The highest BCUT2D eigenvalue weighted by Gasteiger charge is 2.31. The van der Waals surface area contributed by atoms with Crippen molar-refractivity contribution in [3.05, 3.63) is 29.6 Å². The molecule has 4 heteroatoms. The van der Waals surface area contributed by atoms with Gasteiger partial charge in [0, 0.05) is 37.6 Å². The summed E-state index contributed by atoms with van der Waals surface area (Å²) in [5.41, 5.74) is 8.64. The minimum Gasteiger partial charge on any atom is -0.329 e. The molecule has 4 nitrogen and oxygen atoms in total. The Bertz CT molecular complexity index is 405. The van der Waals surface area contributed by atoms with Crippen molar-refractivity contribution in [1.82, 2.24) is 14.8 Å². The molecule has 1 aliphatic rings. The Labute approximate surface area is 116 Å². The van der Waals surface area contributed by atoms with Crippen molar-refractivity contribution < 1.29 is 0 Å². The van der Waals surface area contributed by atoms with E-state index < -0.39 is 0 Å². The molecule has 0 spiro atoms. The van der Waals surface area contributed by atoms with Gasteiger partial charge in [-0.1, -0.05) is 0 Å². The molecule has 2 unspecified atom stereocenters. The van der Waals surface area contributed by atoms with Crippen molar-refractivity contribution in [2.75, 3.05) is 33.7 Å². The maximum Gasteiger partial charge on any atom is 0.0491 e. The average Bonchev–Trinajstić information content (AvgIpc) is 2.80. The van der Waals surface area contributed by atoms with E-state index >= 15 is 0 Å². The molecule has 19 heavy (non-hydrogen) atoms. The summed E-state index contributed by atoms with van der Waals surface area (Å²) in [6.07, 6.45) is 6.38. The maximum atomic E-state index is 6.06. The summed E-state index contributed by atoms with van der Waals surface area (Å²) in [6.45, 7) is 5.07. The van der Waals surface area contributed by atoms with E-state index in [0.717, 1.165) is 13.1 Å². The van der Waals surface area contributed by atoms with Gasteiger partial charge in [-0.05, 0) is 57.6 Å². The number of nitrogens with two attached hydrogens (primary N) is 1. The van der Waals surface area contributed by atoms with Crippen molar-refractivity contribution >= 4 is 0 Å². The molecule has 1 saturated heterocycles. The number of likely N-dealkylation sites (N-methyl/N-ethyl adjacent to an activating group) is 1. The van der Waals surface area contributed by atoms with Crippen LogP contribution in [0.3, 0.4) is 0 Å². The van der Waals surface area contributed by atoms with Gasteiger partial charge in [0.1, 0.15) is 0 Å². The second-order valence-electron chi connectivity index (χ2n) is 5.78. The van der Waals surface area contributed by atoms with Gasteiger partial charge in [0.15, 0.2) is 0 Å². The van der Waals surface area contributed by atoms with Crippen molar-refractivity contribution in [3.8, 4) is 0 Å². The lowest BCUT2D eigenvalue weighted by Crippen LogP contribution is -2.42. The van der Waals surface area contributed by atoms with Gasteiger partial charge < -0.3 is 10.6 Å². The van der Waals surface area contributed by atoms with Gasteiger partial charge in [0.2, 0.25) is 0 Å². The standard InChI is InChI=1S/C15H26N4/c1-12-6-7-17-10-14(12)15(9-16)19-8-4-5-13(19)11-18(2)3/h6-7,10,13,15H,4-5,8-9,11,16H2,1-3H3. The van der Waals surface area contributed by atoms with E-state index in [9.17, 15) is 0 Å². The molecule has 0 radical (unpaired) electrons. The van der Waals surface area contributed by atoms with Gasteiger partial charge in [0.05, 0.1) is 0 Å². The number of likely N-dealkylation sites (tertiary alicyclic amines) is 1. The van der Waals surface area contributed by atoms with Crippen LogP contribution in [0.15, 0.2) is 18.5 Å². The fraction of sp³-hybridized carbons (Fsp3) is 0.667. The van der Waals surface area contributed by atoms with Crippen LogP contribution in [-0.2, 0) is 0 Å². The van der Waals surface area contributed by atoms with Crippen molar-refractivity contribution in [1.29, 1.82) is 0 Å². The summed E-state index contributed by atoms with van der Waals surface area (Å²) in [6, 6.07) is 3.00. The number of hydrogen-bond donors (Lipinski definition) is 1. The first-order chi connectivity index (χ1) is 9.13. The summed E-state index contributed by atoms with van der Waals surface area (Å²) in [5.74, 6) is 0. The molecule has 2 N–H and O–H groups in total. The topological polar surface area (TPSA) is 45.4 Å². The Balaban J connectivity index is 2.19. The van der Waals surface area contributed by atoms with Crippen LogP contribution < -0.4 is 5.73 Å². The molecule has 1 fully saturated rings. The van der Waals surface area contributed by atoms with E-state index in [1.54, 1.807) is 0 Å². The van der Waals surface area contributed by atoms with Crippen LogP contribution in [0.2, 0.25) is 0 Å². The summed E-state index contributed by atoms with van der Waals surface area (Å²) in [5, 5.41) is 0. The molecule has 2 heterocycles. The lowest BCUT2D eigenvalue weighted by molar-refractivity contribution is 0.155. The zero-order valence-electron chi connectivity index (χ0n) is 12.3. The summed E-state index contributed by atoms with van der Waals surface area (Å²) in [4.78, 5) is 9.12. The number of pyridine rings is 1. The number of aryl methyl sites for hydroxylation is 1. The largest absolute Gasteiger partial charge is 0.329 e. The third-order valence-electron chi connectivity index (χ3n) is 4.06. The van der Waals surface area contributed by atoms with Crippen LogP contribution >= 0.6 is 0 Å². The highest BCUT2D eigenvalue weighted by Crippen LogP contribution is 2.30. The van der Waals surface area contributed by atoms with E-state index in [4.69, 9.17) is 5.73 Å². The molecule has 0 aliphatic carbocycles. The van der Waals surface area contributed by atoms with E-state index in [2.05, 4.69) is 41.9 Å². The summed E-state index contributed by atoms with van der Waals surface area (Å²) in [7, 11) is 4.28. The van der Waals surface area contributed by atoms with Gasteiger partial charge in [-0.3, -0.25) is 9.88 Å². The van der Waals surface area contributed by atoms with Crippen LogP contribution in [0.4, 0.5) is 0 Å². The van der Waals surface area contributed by atoms with Crippen LogP contribution in [-0.4, -0.2) is 54.6 Å². The molecule has 0 amide bonds. The minimum absolute atomic E-state index is 0.307. The SMILES string of the molecule is Cc1ccncc1C(CN)N1CCCC1CN(C)C. The zero-order chi connectivity index (χ0) is 13.8. The minimum atomic E-state index is 0.307. The van der Waals surface area contributed by atoms with Crippen molar-refractivity contribution in [2.24, 2.45) is 5.73 Å². The molecule has 0 aromatic carbocycles. The Morgan fingerprint density at radius 1 is 1.53 bits per heavy atom. The van der Waals surface area contributed by atoms with Crippen molar-refractivity contribution in [3.63, 3.8) is 0 Å². The Kier molecular flexibility index (Phi) is 4.91. The van der Waals surface area contributed by atoms with Gasteiger partial charge in [0.25, 0.3) is 0 Å². The highest BCUT2D eigenvalue weighted by molar-refractivity contribution is 5.26. The van der Waals surface area contributed by atoms with Crippen LogP contribution in [0.5, 0.6) is 0 Å². The molecule has 2 rings (SSSR count). The smallest absolute Gasteiger partial charge is 0.0491 e.